The Bertz CT molecular complexity index is 1250. The number of nitrogens with two attached hydrogens (primary N) is 1. The van der Waals surface area contributed by atoms with E-state index in [2.05, 4.69) is 4.98 Å². The predicted octanol–water partition coefficient (Wildman–Crippen LogP) is 3.12. The summed E-state index contributed by atoms with van der Waals surface area (Å²) in [6, 6.07) is 12.4. The third-order valence-corrected chi connectivity index (χ3v) is 5.60. The van der Waals surface area contributed by atoms with Crippen molar-refractivity contribution in [2.24, 2.45) is 5.73 Å². The van der Waals surface area contributed by atoms with Gasteiger partial charge in [-0.05, 0) is 30.2 Å². The van der Waals surface area contributed by atoms with Crippen LogP contribution in [-0.2, 0) is 16.1 Å². The minimum absolute atomic E-state index is 0.0389. The molecular weight excluding hydrogens is 418 g/mol. The van der Waals surface area contributed by atoms with E-state index in [1.165, 1.54) is 7.11 Å². The Morgan fingerprint density at radius 3 is 2.74 bits per heavy atom. The highest BCUT2D eigenvalue weighted by Crippen LogP contribution is 2.43. The average molecular weight is 438 g/mol. The summed E-state index contributed by atoms with van der Waals surface area (Å²) in [7, 11) is 1.25. The maximum Gasteiger partial charge on any atom is 0.340 e. The number of halogens is 1. The number of hydrogen-bond donors (Lipinski definition) is 1. The number of hydrogen-bond acceptors (Lipinski definition) is 6. The van der Waals surface area contributed by atoms with E-state index in [1.54, 1.807) is 47.3 Å². The minimum atomic E-state index is -0.835. The van der Waals surface area contributed by atoms with Crippen LogP contribution in [0.5, 0.6) is 5.75 Å². The molecule has 1 aliphatic heterocycles. The fraction of sp³-hybridized carbons (Fsp3) is 0.174. The van der Waals surface area contributed by atoms with Crippen molar-refractivity contribution < 1.29 is 14.3 Å². The van der Waals surface area contributed by atoms with Gasteiger partial charge in [0.15, 0.2) is 0 Å². The van der Waals surface area contributed by atoms with Gasteiger partial charge in [-0.25, -0.2) is 4.79 Å². The van der Waals surface area contributed by atoms with Gasteiger partial charge in [-0.1, -0.05) is 35.9 Å². The van der Waals surface area contributed by atoms with Gasteiger partial charge in [-0.15, -0.1) is 0 Å². The summed E-state index contributed by atoms with van der Waals surface area (Å²) >= 11 is 6.46. The van der Waals surface area contributed by atoms with Crippen molar-refractivity contribution in [1.29, 1.82) is 0 Å². The summed E-state index contributed by atoms with van der Waals surface area (Å²) in [4.78, 5) is 30.5. The zero-order chi connectivity index (χ0) is 22.1. The second-order valence-corrected chi connectivity index (χ2v) is 7.55. The summed E-state index contributed by atoms with van der Waals surface area (Å²) in [5, 5.41) is 0.397. The number of esters is 1. The number of carbonyl (C=O) groups excluding carboxylic acids is 1. The Labute approximate surface area is 183 Å². The first kappa shape index (κ1) is 20.7. The van der Waals surface area contributed by atoms with Crippen LogP contribution in [-0.4, -0.2) is 22.6 Å². The van der Waals surface area contributed by atoms with Crippen LogP contribution in [0.25, 0.3) is 0 Å². The van der Waals surface area contributed by atoms with E-state index in [-0.39, 0.29) is 22.6 Å². The van der Waals surface area contributed by atoms with E-state index in [9.17, 15) is 9.59 Å². The highest BCUT2D eigenvalue weighted by Gasteiger charge is 2.39. The summed E-state index contributed by atoms with van der Waals surface area (Å²) in [5.41, 5.74) is 8.22. The van der Waals surface area contributed by atoms with E-state index in [0.717, 1.165) is 5.56 Å². The number of aromatic nitrogens is 2. The number of benzene rings is 1. The molecule has 0 radical (unpaired) electrons. The normalized spacial score (nSPS) is 15.3. The highest BCUT2D eigenvalue weighted by atomic mass is 35.5. The molecule has 0 bridgehead atoms. The van der Waals surface area contributed by atoms with E-state index in [4.69, 9.17) is 26.8 Å². The van der Waals surface area contributed by atoms with E-state index >= 15 is 0 Å². The maximum atomic E-state index is 13.7. The zero-order valence-electron chi connectivity index (χ0n) is 17.0. The molecule has 0 unspecified atom stereocenters. The number of nitrogens with zero attached hydrogens (tertiary/aromatic N) is 2. The molecule has 7 nitrogen and oxygen atoms in total. The number of ether oxygens (including phenoxy) is 2. The smallest absolute Gasteiger partial charge is 0.340 e. The number of methoxy groups -OCH3 is 1. The Hall–Kier alpha value is -3.58. The van der Waals surface area contributed by atoms with Gasteiger partial charge < -0.3 is 19.8 Å². The summed E-state index contributed by atoms with van der Waals surface area (Å²) in [6.45, 7) is 2.12. The molecule has 4 rings (SSSR count). The molecular formula is C23H20ClN3O4. The Kier molecular flexibility index (Phi) is 5.52. The third kappa shape index (κ3) is 3.68. The first-order valence-electron chi connectivity index (χ1n) is 9.55. The van der Waals surface area contributed by atoms with E-state index < -0.39 is 11.9 Å². The fourth-order valence-electron chi connectivity index (χ4n) is 3.79. The van der Waals surface area contributed by atoms with Crippen molar-refractivity contribution in [3.63, 3.8) is 0 Å². The molecule has 1 aliphatic rings. The van der Waals surface area contributed by atoms with Crippen molar-refractivity contribution in [3.05, 3.63) is 104 Å². The van der Waals surface area contributed by atoms with Crippen LogP contribution in [0.2, 0.25) is 5.02 Å². The van der Waals surface area contributed by atoms with Gasteiger partial charge >= 0.3 is 5.97 Å². The van der Waals surface area contributed by atoms with Gasteiger partial charge in [-0.2, -0.15) is 0 Å². The van der Waals surface area contributed by atoms with Gasteiger partial charge in [0.1, 0.15) is 11.3 Å². The topological polar surface area (TPSA) is 96.4 Å². The molecule has 0 amide bonds. The largest absolute Gasteiger partial charge is 0.465 e. The fourth-order valence-corrected chi connectivity index (χ4v) is 4.03. The summed E-state index contributed by atoms with van der Waals surface area (Å²) in [6.07, 6.45) is 3.37. The number of carbonyl (C=O) groups is 1. The maximum absolute atomic E-state index is 13.7. The van der Waals surface area contributed by atoms with Crippen molar-refractivity contribution >= 4 is 17.6 Å². The molecule has 0 saturated heterocycles. The highest BCUT2D eigenvalue weighted by molar-refractivity contribution is 6.31. The Morgan fingerprint density at radius 2 is 2.06 bits per heavy atom. The molecule has 3 aromatic rings. The lowest BCUT2D eigenvalue weighted by Crippen LogP contribution is -2.35. The second kappa shape index (κ2) is 8.28. The number of pyridine rings is 2. The first-order chi connectivity index (χ1) is 14.9. The molecule has 2 aromatic heterocycles. The van der Waals surface area contributed by atoms with Crippen LogP contribution in [0, 0.1) is 6.92 Å². The molecule has 0 aliphatic carbocycles. The molecule has 3 heterocycles. The van der Waals surface area contributed by atoms with Crippen LogP contribution >= 0.6 is 11.6 Å². The Balaban J connectivity index is 1.97. The van der Waals surface area contributed by atoms with Gasteiger partial charge in [-0.3, -0.25) is 9.78 Å². The van der Waals surface area contributed by atoms with Crippen LogP contribution in [0.3, 0.4) is 0 Å². The molecule has 0 saturated carbocycles. The lowest BCUT2D eigenvalue weighted by Gasteiger charge is -2.29. The van der Waals surface area contributed by atoms with Crippen LogP contribution in [0.4, 0.5) is 0 Å². The molecule has 0 spiro atoms. The molecule has 1 aromatic carbocycles. The quantitative estimate of drug-likeness (QED) is 0.630. The number of rotatable bonds is 4. The van der Waals surface area contributed by atoms with Gasteiger partial charge in [0.25, 0.3) is 5.56 Å². The average Bonchev–Trinajstić information content (AvgIpc) is 2.76. The van der Waals surface area contributed by atoms with Crippen molar-refractivity contribution in [2.75, 3.05) is 7.11 Å². The first-order valence-corrected chi connectivity index (χ1v) is 9.93. The summed E-state index contributed by atoms with van der Waals surface area (Å²) < 4.78 is 12.3. The van der Waals surface area contributed by atoms with Crippen molar-refractivity contribution in [2.45, 2.75) is 19.4 Å². The molecule has 31 heavy (non-hydrogen) atoms. The molecule has 8 heteroatoms. The SMILES string of the molecule is COC(=O)C1=C(N)Oc2cc(C)n(Cc3cccnc3)c(=O)c2[C@H]1c1ccccc1Cl. The van der Waals surface area contributed by atoms with Gasteiger partial charge in [0.05, 0.1) is 25.1 Å². The zero-order valence-corrected chi connectivity index (χ0v) is 17.7. The van der Waals surface area contributed by atoms with Crippen LogP contribution in [0.1, 0.15) is 28.3 Å². The lowest BCUT2D eigenvalue weighted by molar-refractivity contribution is -0.136. The van der Waals surface area contributed by atoms with Gasteiger partial charge in [0.2, 0.25) is 5.88 Å². The third-order valence-electron chi connectivity index (χ3n) is 5.25. The lowest BCUT2D eigenvalue weighted by atomic mass is 9.83. The predicted molar refractivity (Wildman–Crippen MR) is 116 cm³/mol. The molecule has 1 atom stereocenters. The second-order valence-electron chi connectivity index (χ2n) is 7.14. The van der Waals surface area contributed by atoms with Crippen molar-refractivity contribution in [3.8, 4) is 5.75 Å². The standard InChI is InChI=1S/C23H20ClN3O4/c1-13-10-17-19(22(28)27(13)12-14-6-5-9-26-11-14)18(15-7-3-4-8-16(15)24)20(21(25)31-17)23(29)30-2/h3-11,18H,12,25H2,1-2H3/t18-/m1/s1. The molecule has 0 fully saturated rings. The summed E-state index contributed by atoms with van der Waals surface area (Å²) in [5.74, 6) is -1.35. The van der Waals surface area contributed by atoms with Crippen LogP contribution in [0.15, 0.2) is 71.1 Å². The molecule has 158 valence electrons. The van der Waals surface area contributed by atoms with Gasteiger partial charge in [0, 0.05) is 29.2 Å². The van der Waals surface area contributed by atoms with E-state index in [0.29, 0.717) is 28.6 Å². The monoisotopic (exact) mass is 437 g/mol. The minimum Gasteiger partial charge on any atom is -0.465 e. The van der Waals surface area contributed by atoms with Crippen LogP contribution < -0.4 is 16.0 Å². The van der Waals surface area contributed by atoms with E-state index in [1.807, 2.05) is 19.1 Å². The van der Waals surface area contributed by atoms with Crippen molar-refractivity contribution in [1.82, 2.24) is 9.55 Å². The number of fused-ring (bicyclic) bond motifs is 1. The Morgan fingerprint density at radius 1 is 1.29 bits per heavy atom. The molecule has 2 N–H and O–H groups in total. The number of aryl methyl sites for hydroxylation is 1.